The molecule has 0 aliphatic rings. The number of amides is 1. The molecule has 26 heavy (non-hydrogen) atoms. The molecule has 0 saturated carbocycles. The minimum absolute atomic E-state index is 0.00953. The van der Waals surface area contributed by atoms with Crippen LogP contribution in [0, 0.1) is 0 Å². The van der Waals surface area contributed by atoms with Gasteiger partial charge in [0.1, 0.15) is 5.75 Å². The van der Waals surface area contributed by atoms with E-state index in [1.54, 1.807) is 30.3 Å². The Hall–Kier alpha value is -2.06. The number of para-hydroxylation sites is 1. The monoisotopic (exact) mass is 440 g/mol. The molecule has 140 valence electrons. The number of hydrogen-bond acceptors (Lipinski definition) is 4. The molecule has 0 aromatic heterocycles. The fourth-order valence-corrected chi connectivity index (χ4v) is 3.99. The predicted molar refractivity (Wildman–Crippen MR) is 105 cm³/mol. The van der Waals surface area contributed by atoms with Gasteiger partial charge in [0, 0.05) is 6.04 Å². The Morgan fingerprint density at radius 1 is 1.23 bits per heavy atom. The Labute approximate surface area is 162 Å². The molecule has 0 saturated heterocycles. The van der Waals surface area contributed by atoms with Gasteiger partial charge >= 0.3 is 0 Å². The molecule has 0 aliphatic heterocycles. The number of ether oxygens (including phenoxy) is 1. The number of hydrogen-bond donors (Lipinski definition) is 2. The number of sulfonamides is 1. The van der Waals surface area contributed by atoms with Crippen molar-refractivity contribution in [2.24, 2.45) is 0 Å². The van der Waals surface area contributed by atoms with Gasteiger partial charge in [-0.25, -0.2) is 8.42 Å². The molecule has 0 fully saturated rings. The van der Waals surface area contributed by atoms with Gasteiger partial charge in [-0.3, -0.25) is 9.52 Å². The fourth-order valence-electron chi connectivity index (χ4n) is 2.19. The zero-order chi connectivity index (χ0) is 19.3. The zero-order valence-electron chi connectivity index (χ0n) is 14.7. The van der Waals surface area contributed by atoms with Crippen LogP contribution in [0.1, 0.15) is 30.6 Å². The molecule has 2 N–H and O–H groups in total. The molecule has 2 rings (SSSR count). The summed E-state index contributed by atoms with van der Waals surface area (Å²) in [5.74, 6) is 0.200. The maximum absolute atomic E-state index is 12.7. The standard InChI is InChI=1S/C18H21BrN2O4S/c1-4-12(2)20-18(22)14-7-5-6-8-16(14)21-26(23,24)13-9-10-17(25-3)15(19)11-13/h5-12,21H,4H2,1-3H3,(H,20,22). The normalized spacial score (nSPS) is 12.3. The summed E-state index contributed by atoms with van der Waals surface area (Å²) in [4.78, 5) is 12.5. The third kappa shape index (κ3) is 4.76. The molecular formula is C18H21BrN2O4S. The van der Waals surface area contributed by atoms with E-state index in [2.05, 4.69) is 26.0 Å². The van der Waals surface area contributed by atoms with E-state index in [9.17, 15) is 13.2 Å². The molecule has 6 nitrogen and oxygen atoms in total. The number of methoxy groups -OCH3 is 1. The minimum atomic E-state index is -3.87. The van der Waals surface area contributed by atoms with Gasteiger partial charge < -0.3 is 10.1 Å². The summed E-state index contributed by atoms with van der Waals surface area (Å²) in [7, 11) is -2.37. The highest BCUT2D eigenvalue weighted by Gasteiger charge is 2.20. The third-order valence-corrected chi connectivity index (χ3v) is 5.82. The number of anilines is 1. The molecule has 2 aromatic carbocycles. The van der Waals surface area contributed by atoms with Gasteiger partial charge in [0.05, 0.1) is 27.7 Å². The largest absolute Gasteiger partial charge is 0.496 e. The SMILES string of the molecule is CCC(C)NC(=O)c1ccccc1NS(=O)(=O)c1ccc(OC)c(Br)c1. The number of nitrogens with one attached hydrogen (secondary N) is 2. The van der Waals surface area contributed by atoms with Crippen molar-refractivity contribution in [3.8, 4) is 5.75 Å². The molecule has 8 heteroatoms. The highest BCUT2D eigenvalue weighted by atomic mass is 79.9. The van der Waals surface area contributed by atoms with Crippen LogP contribution in [0.15, 0.2) is 51.8 Å². The topological polar surface area (TPSA) is 84.5 Å². The second kappa shape index (κ2) is 8.55. The number of carbonyl (C=O) groups excluding carboxylic acids is 1. The van der Waals surface area contributed by atoms with E-state index in [1.165, 1.54) is 19.2 Å². The third-order valence-electron chi connectivity index (χ3n) is 3.84. The van der Waals surface area contributed by atoms with Crippen molar-refractivity contribution in [3.05, 3.63) is 52.5 Å². The number of rotatable bonds is 7. The van der Waals surface area contributed by atoms with Crippen molar-refractivity contribution < 1.29 is 17.9 Å². The van der Waals surface area contributed by atoms with Crippen LogP contribution < -0.4 is 14.8 Å². The summed E-state index contributed by atoms with van der Waals surface area (Å²) in [6.07, 6.45) is 0.777. The van der Waals surface area contributed by atoms with Gasteiger partial charge in [-0.05, 0) is 59.6 Å². The Bertz CT molecular complexity index is 900. The van der Waals surface area contributed by atoms with Crippen LogP contribution in [0.3, 0.4) is 0 Å². The number of halogens is 1. The highest BCUT2D eigenvalue weighted by Crippen LogP contribution is 2.28. The van der Waals surface area contributed by atoms with Crippen LogP contribution in [-0.2, 0) is 10.0 Å². The van der Waals surface area contributed by atoms with E-state index >= 15 is 0 Å². The van der Waals surface area contributed by atoms with Gasteiger partial charge in [0.25, 0.3) is 15.9 Å². The fraction of sp³-hybridized carbons (Fsp3) is 0.278. The highest BCUT2D eigenvalue weighted by molar-refractivity contribution is 9.10. The number of carbonyl (C=O) groups is 1. The molecule has 1 atom stereocenters. The summed E-state index contributed by atoms with van der Waals surface area (Å²) < 4.78 is 33.5. The molecule has 0 radical (unpaired) electrons. The maximum Gasteiger partial charge on any atom is 0.261 e. The first kappa shape index (κ1) is 20.3. The summed E-state index contributed by atoms with van der Waals surface area (Å²) in [5.41, 5.74) is 0.490. The lowest BCUT2D eigenvalue weighted by molar-refractivity contribution is 0.0940. The second-order valence-corrected chi connectivity index (χ2v) is 8.27. The van der Waals surface area contributed by atoms with E-state index in [4.69, 9.17) is 4.74 Å². The predicted octanol–water partition coefficient (Wildman–Crippen LogP) is 3.79. The van der Waals surface area contributed by atoms with Crippen LogP contribution in [0.4, 0.5) is 5.69 Å². The van der Waals surface area contributed by atoms with E-state index in [-0.39, 0.29) is 28.1 Å². The first-order valence-corrected chi connectivity index (χ1v) is 10.3. The molecule has 0 aliphatic carbocycles. The van der Waals surface area contributed by atoms with E-state index in [0.29, 0.717) is 10.2 Å². The van der Waals surface area contributed by atoms with Gasteiger partial charge in [0.15, 0.2) is 0 Å². The lowest BCUT2D eigenvalue weighted by atomic mass is 10.1. The van der Waals surface area contributed by atoms with Crippen molar-refractivity contribution in [3.63, 3.8) is 0 Å². The van der Waals surface area contributed by atoms with E-state index in [0.717, 1.165) is 6.42 Å². The molecular weight excluding hydrogens is 420 g/mol. The molecule has 1 unspecified atom stereocenters. The Kier molecular flexibility index (Phi) is 6.66. The zero-order valence-corrected chi connectivity index (χ0v) is 17.1. The van der Waals surface area contributed by atoms with Crippen molar-refractivity contribution >= 4 is 37.5 Å². The quantitative estimate of drug-likeness (QED) is 0.685. The molecule has 2 aromatic rings. The lowest BCUT2D eigenvalue weighted by Gasteiger charge is -2.15. The second-order valence-electron chi connectivity index (χ2n) is 5.73. The van der Waals surface area contributed by atoms with Crippen LogP contribution in [-0.4, -0.2) is 27.5 Å². The molecule has 0 spiro atoms. The first-order valence-electron chi connectivity index (χ1n) is 8.04. The van der Waals surface area contributed by atoms with Crippen molar-refractivity contribution in [1.29, 1.82) is 0 Å². The minimum Gasteiger partial charge on any atom is -0.496 e. The Balaban J connectivity index is 2.33. The van der Waals surface area contributed by atoms with Crippen LogP contribution in [0.25, 0.3) is 0 Å². The average molecular weight is 441 g/mol. The van der Waals surface area contributed by atoms with E-state index < -0.39 is 10.0 Å². The molecule has 1 amide bonds. The van der Waals surface area contributed by atoms with Crippen molar-refractivity contribution in [1.82, 2.24) is 5.32 Å². The Morgan fingerprint density at radius 2 is 1.92 bits per heavy atom. The van der Waals surface area contributed by atoms with Gasteiger partial charge in [-0.15, -0.1) is 0 Å². The van der Waals surface area contributed by atoms with Gasteiger partial charge in [0.2, 0.25) is 0 Å². The van der Waals surface area contributed by atoms with Crippen LogP contribution in [0.5, 0.6) is 5.75 Å². The van der Waals surface area contributed by atoms with Gasteiger partial charge in [-0.2, -0.15) is 0 Å². The molecule has 0 bridgehead atoms. The van der Waals surface area contributed by atoms with Gasteiger partial charge in [-0.1, -0.05) is 19.1 Å². The maximum atomic E-state index is 12.7. The first-order chi connectivity index (χ1) is 12.3. The summed E-state index contributed by atoms with van der Waals surface area (Å²) in [5, 5.41) is 2.84. The van der Waals surface area contributed by atoms with Crippen molar-refractivity contribution in [2.45, 2.75) is 31.2 Å². The smallest absolute Gasteiger partial charge is 0.261 e. The van der Waals surface area contributed by atoms with E-state index in [1.807, 2.05) is 13.8 Å². The lowest BCUT2D eigenvalue weighted by Crippen LogP contribution is -2.32. The van der Waals surface area contributed by atoms with Crippen molar-refractivity contribution in [2.75, 3.05) is 11.8 Å². The average Bonchev–Trinajstić information content (AvgIpc) is 2.61. The summed E-state index contributed by atoms with van der Waals surface area (Å²) >= 11 is 3.28. The summed E-state index contributed by atoms with van der Waals surface area (Å²) in [6.45, 7) is 3.85. The molecule has 0 heterocycles. The Morgan fingerprint density at radius 3 is 2.54 bits per heavy atom. The summed E-state index contributed by atoms with van der Waals surface area (Å²) in [6, 6.07) is 10.9. The number of benzene rings is 2. The van der Waals surface area contributed by atoms with Crippen LogP contribution in [0.2, 0.25) is 0 Å². The van der Waals surface area contributed by atoms with Crippen LogP contribution >= 0.6 is 15.9 Å².